The van der Waals surface area contributed by atoms with Crippen LogP contribution in [0.3, 0.4) is 0 Å². The Balaban J connectivity index is 1.12. The number of rotatable bonds is 8. The Morgan fingerprint density at radius 1 is 1.09 bits per heavy atom. The number of methoxy groups -OCH3 is 1. The van der Waals surface area contributed by atoms with E-state index in [2.05, 4.69) is 11.4 Å². The third-order valence-corrected chi connectivity index (χ3v) is 8.17. The van der Waals surface area contributed by atoms with Crippen molar-refractivity contribution in [2.24, 2.45) is 0 Å². The number of para-hydroxylation sites is 1. The van der Waals surface area contributed by atoms with Crippen LogP contribution in [0.5, 0.6) is 11.5 Å². The fourth-order valence-corrected chi connectivity index (χ4v) is 6.45. The predicted molar refractivity (Wildman–Crippen MR) is 126 cm³/mol. The van der Waals surface area contributed by atoms with Gasteiger partial charge in [-0.2, -0.15) is 0 Å². The summed E-state index contributed by atoms with van der Waals surface area (Å²) < 4.78 is 39.2. The standard InChI is InChI=1S/C25H28N2O4S/c1-30-22-11-5-9-19-13-14-20(31-25(19)22)17-26-15-2-3-16-27-21-10-4-7-18-8-6-12-23(24(18)21)32(27,28)29/h4-12,20,26H,2-3,13-17H2,1H3. The Kier molecular flexibility index (Phi) is 5.69. The van der Waals surface area contributed by atoms with E-state index in [0.29, 0.717) is 11.4 Å². The van der Waals surface area contributed by atoms with Gasteiger partial charge in [0.1, 0.15) is 6.10 Å². The molecule has 2 aliphatic rings. The van der Waals surface area contributed by atoms with Crippen molar-refractivity contribution in [3.05, 3.63) is 60.2 Å². The number of unbranched alkanes of at least 4 members (excludes halogenated alkanes) is 1. The zero-order valence-electron chi connectivity index (χ0n) is 18.2. The number of benzene rings is 3. The van der Waals surface area contributed by atoms with Crippen molar-refractivity contribution >= 4 is 26.5 Å². The fraction of sp³-hybridized carbons (Fsp3) is 0.360. The zero-order chi connectivity index (χ0) is 22.1. The van der Waals surface area contributed by atoms with Crippen LogP contribution in [0.4, 0.5) is 5.69 Å². The first-order chi connectivity index (χ1) is 15.6. The molecular formula is C25H28N2O4S. The minimum atomic E-state index is -3.46. The Morgan fingerprint density at radius 2 is 1.91 bits per heavy atom. The van der Waals surface area contributed by atoms with Crippen molar-refractivity contribution in [1.82, 2.24) is 5.32 Å². The van der Waals surface area contributed by atoms with Gasteiger partial charge in [-0.25, -0.2) is 8.42 Å². The normalized spacial score (nSPS) is 18.4. The highest BCUT2D eigenvalue weighted by Gasteiger charge is 2.34. The summed E-state index contributed by atoms with van der Waals surface area (Å²) >= 11 is 0. The summed E-state index contributed by atoms with van der Waals surface area (Å²) in [5.41, 5.74) is 2.00. The lowest BCUT2D eigenvalue weighted by molar-refractivity contribution is 0.163. The lowest BCUT2D eigenvalue weighted by atomic mass is 10.0. The summed E-state index contributed by atoms with van der Waals surface area (Å²) in [5.74, 6) is 1.65. The van der Waals surface area contributed by atoms with Crippen LogP contribution in [0, 0.1) is 0 Å². The minimum absolute atomic E-state index is 0.116. The molecule has 168 valence electrons. The predicted octanol–water partition coefficient (Wildman–Crippen LogP) is 4.12. The van der Waals surface area contributed by atoms with Gasteiger partial charge in [0.25, 0.3) is 10.0 Å². The summed E-state index contributed by atoms with van der Waals surface area (Å²) in [6.07, 6.45) is 3.76. The third-order valence-electron chi connectivity index (χ3n) is 6.32. The molecule has 3 aromatic rings. The molecule has 2 aliphatic heterocycles. The highest BCUT2D eigenvalue weighted by atomic mass is 32.2. The Morgan fingerprint density at radius 3 is 2.75 bits per heavy atom. The van der Waals surface area contributed by atoms with Crippen LogP contribution in [-0.4, -0.2) is 41.3 Å². The minimum Gasteiger partial charge on any atom is -0.493 e. The summed E-state index contributed by atoms with van der Waals surface area (Å²) in [4.78, 5) is 0.425. The Labute approximate surface area is 189 Å². The van der Waals surface area contributed by atoms with Gasteiger partial charge < -0.3 is 14.8 Å². The van der Waals surface area contributed by atoms with Gasteiger partial charge in [-0.05, 0) is 61.4 Å². The molecule has 0 bridgehead atoms. The van der Waals surface area contributed by atoms with E-state index in [-0.39, 0.29) is 6.10 Å². The molecule has 2 heterocycles. The second-order valence-electron chi connectivity index (χ2n) is 8.35. The second kappa shape index (κ2) is 8.64. The number of ether oxygens (including phenoxy) is 2. The van der Waals surface area contributed by atoms with Crippen LogP contribution >= 0.6 is 0 Å². The molecule has 0 fully saturated rings. The van der Waals surface area contributed by atoms with Crippen LogP contribution < -0.4 is 19.1 Å². The maximum Gasteiger partial charge on any atom is 0.265 e. The smallest absolute Gasteiger partial charge is 0.265 e. The van der Waals surface area contributed by atoms with Crippen molar-refractivity contribution in [3.8, 4) is 11.5 Å². The number of anilines is 1. The summed E-state index contributed by atoms with van der Waals surface area (Å²) in [5, 5.41) is 5.29. The fourth-order valence-electron chi connectivity index (χ4n) is 4.71. The van der Waals surface area contributed by atoms with Gasteiger partial charge in [-0.1, -0.05) is 36.4 Å². The molecule has 1 unspecified atom stereocenters. The van der Waals surface area contributed by atoms with E-state index in [1.54, 1.807) is 17.5 Å². The largest absolute Gasteiger partial charge is 0.493 e. The lowest BCUT2D eigenvalue weighted by Crippen LogP contribution is -2.35. The second-order valence-corrected chi connectivity index (χ2v) is 10.2. The number of fused-ring (bicyclic) bond motifs is 1. The van der Waals surface area contributed by atoms with Crippen LogP contribution in [0.15, 0.2) is 59.5 Å². The highest BCUT2D eigenvalue weighted by Crippen LogP contribution is 2.42. The van der Waals surface area contributed by atoms with Crippen molar-refractivity contribution in [1.29, 1.82) is 0 Å². The molecule has 0 aromatic heterocycles. The van der Waals surface area contributed by atoms with E-state index in [1.165, 1.54) is 5.56 Å². The van der Waals surface area contributed by atoms with E-state index >= 15 is 0 Å². The molecule has 1 N–H and O–H groups in total. The molecule has 32 heavy (non-hydrogen) atoms. The van der Waals surface area contributed by atoms with E-state index in [0.717, 1.165) is 66.7 Å². The Hall–Kier alpha value is -2.77. The first-order valence-electron chi connectivity index (χ1n) is 11.2. The topological polar surface area (TPSA) is 67.9 Å². The summed E-state index contributed by atoms with van der Waals surface area (Å²) in [6, 6.07) is 17.3. The zero-order valence-corrected chi connectivity index (χ0v) is 19.0. The van der Waals surface area contributed by atoms with Gasteiger partial charge in [0, 0.05) is 18.5 Å². The molecule has 0 spiro atoms. The maximum absolute atomic E-state index is 13.0. The van der Waals surface area contributed by atoms with E-state index in [9.17, 15) is 8.42 Å². The first kappa shape index (κ1) is 21.1. The van der Waals surface area contributed by atoms with E-state index in [1.807, 2.05) is 42.5 Å². The molecular weight excluding hydrogens is 424 g/mol. The number of sulfonamides is 1. The van der Waals surface area contributed by atoms with E-state index in [4.69, 9.17) is 9.47 Å². The average Bonchev–Trinajstić information content (AvgIpc) is 3.03. The van der Waals surface area contributed by atoms with Gasteiger partial charge >= 0.3 is 0 Å². The van der Waals surface area contributed by atoms with E-state index < -0.39 is 10.0 Å². The van der Waals surface area contributed by atoms with Crippen LogP contribution in [0.1, 0.15) is 24.8 Å². The van der Waals surface area contributed by atoms with Crippen LogP contribution in [0.2, 0.25) is 0 Å². The van der Waals surface area contributed by atoms with Crippen molar-refractivity contribution in [2.45, 2.75) is 36.7 Å². The molecule has 0 saturated carbocycles. The van der Waals surface area contributed by atoms with Gasteiger partial charge in [-0.15, -0.1) is 0 Å². The number of nitrogens with zero attached hydrogens (tertiary/aromatic N) is 1. The van der Waals surface area contributed by atoms with Crippen LogP contribution in [0.25, 0.3) is 10.8 Å². The molecule has 5 rings (SSSR count). The molecule has 1 atom stereocenters. The SMILES string of the molecule is COc1cccc2c1OC(CNCCCCN1c3cccc4cccc(c34)S1(=O)=O)CC2. The molecule has 7 heteroatoms. The lowest BCUT2D eigenvalue weighted by Gasteiger charge is -2.27. The molecule has 0 aliphatic carbocycles. The first-order valence-corrected chi connectivity index (χ1v) is 12.6. The summed E-state index contributed by atoms with van der Waals surface area (Å²) in [6.45, 7) is 2.08. The maximum atomic E-state index is 13.0. The van der Waals surface area contributed by atoms with Gasteiger partial charge in [0.15, 0.2) is 11.5 Å². The molecule has 6 nitrogen and oxygen atoms in total. The number of hydrogen-bond donors (Lipinski definition) is 1. The van der Waals surface area contributed by atoms with Gasteiger partial charge in [-0.3, -0.25) is 4.31 Å². The van der Waals surface area contributed by atoms with Crippen molar-refractivity contribution < 1.29 is 17.9 Å². The number of nitrogens with one attached hydrogen (secondary N) is 1. The monoisotopic (exact) mass is 452 g/mol. The van der Waals surface area contributed by atoms with Gasteiger partial charge in [0.2, 0.25) is 0 Å². The molecule has 3 aromatic carbocycles. The number of hydrogen-bond acceptors (Lipinski definition) is 5. The highest BCUT2D eigenvalue weighted by molar-refractivity contribution is 7.93. The third kappa shape index (κ3) is 3.69. The van der Waals surface area contributed by atoms with Gasteiger partial charge in [0.05, 0.1) is 17.7 Å². The average molecular weight is 453 g/mol. The molecule has 0 radical (unpaired) electrons. The Bertz CT molecular complexity index is 1220. The number of aryl methyl sites for hydroxylation is 1. The van der Waals surface area contributed by atoms with Crippen molar-refractivity contribution in [2.75, 3.05) is 31.0 Å². The van der Waals surface area contributed by atoms with Crippen LogP contribution in [-0.2, 0) is 16.4 Å². The molecule has 0 saturated heterocycles. The quantitative estimate of drug-likeness (QED) is 0.521. The van der Waals surface area contributed by atoms with Crippen molar-refractivity contribution in [3.63, 3.8) is 0 Å². The summed E-state index contributed by atoms with van der Waals surface area (Å²) in [7, 11) is -1.80. The molecule has 0 amide bonds.